The van der Waals surface area contributed by atoms with E-state index in [1.54, 1.807) is 11.3 Å². The summed E-state index contributed by atoms with van der Waals surface area (Å²) in [5, 5.41) is 0.791. The zero-order valence-electron chi connectivity index (χ0n) is 20.1. The van der Waals surface area contributed by atoms with Gasteiger partial charge in [-0.1, -0.05) is 19.1 Å². The first-order chi connectivity index (χ1) is 17.0. The number of carbonyl (C=O) groups is 1. The van der Waals surface area contributed by atoms with Gasteiger partial charge in [0.25, 0.3) is 11.5 Å². The van der Waals surface area contributed by atoms with Crippen LogP contribution >= 0.6 is 11.3 Å². The molecule has 0 bridgehead atoms. The van der Waals surface area contributed by atoms with Gasteiger partial charge in [-0.3, -0.25) is 14.5 Å². The average molecular weight is 495 g/mol. The lowest BCUT2D eigenvalue weighted by molar-refractivity contribution is -0.143. The summed E-state index contributed by atoms with van der Waals surface area (Å²) in [4.78, 5) is 40.4. The summed E-state index contributed by atoms with van der Waals surface area (Å²) >= 11 is 1.68. The topological polar surface area (TPSA) is 87.8 Å². The van der Waals surface area contributed by atoms with Crippen molar-refractivity contribution in [1.29, 1.82) is 0 Å². The van der Waals surface area contributed by atoms with Gasteiger partial charge in [0.05, 0.1) is 11.4 Å². The number of rotatable bonds is 3. The minimum absolute atomic E-state index is 0.0209. The number of benzene rings is 1. The molecule has 1 fully saturated rings. The summed E-state index contributed by atoms with van der Waals surface area (Å²) in [6.07, 6.45) is 2.51. The number of aromatic nitrogens is 2. The molecule has 0 saturated carbocycles. The second kappa shape index (κ2) is 8.95. The maximum Gasteiger partial charge on any atom is 0.267 e. The van der Waals surface area contributed by atoms with Crippen LogP contribution in [0.1, 0.15) is 42.6 Å². The van der Waals surface area contributed by atoms with E-state index in [1.165, 1.54) is 10.4 Å². The highest BCUT2D eigenvalue weighted by molar-refractivity contribution is 7.18. The molecule has 184 valence electrons. The Kier molecular flexibility index (Phi) is 5.76. The molecule has 0 spiro atoms. The number of carbonyl (C=O) groups excluding carboxylic acids is 1. The minimum atomic E-state index is -0.623. The number of H-pyrrole nitrogens is 1. The van der Waals surface area contributed by atoms with Gasteiger partial charge in [-0.15, -0.1) is 11.3 Å². The Bertz CT molecular complexity index is 1330. The van der Waals surface area contributed by atoms with Crippen LogP contribution < -0.4 is 15.0 Å². The van der Waals surface area contributed by atoms with Crippen LogP contribution in [0.25, 0.3) is 10.2 Å². The Morgan fingerprint density at radius 2 is 1.97 bits per heavy atom. The largest absolute Gasteiger partial charge is 0.485 e. The van der Waals surface area contributed by atoms with Gasteiger partial charge in [-0.2, -0.15) is 0 Å². The molecule has 35 heavy (non-hydrogen) atoms. The standard InChI is InChI=1S/C26H30N4O4S/c1-15-7-8-17-21(13-15)35-25-22(17)24(31)27-23(28-25)16(2)29-9-11-30(12-10-29)26(32)20-14-33-18-5-3-4-6-19(18)34-20/h3-6,15-16,20H,7-14H2,1-2H3,(H,27,28,31)/t15-,16-,20-/m1/s1. The monoisotopic (exact) mass is 494 g/mol. The van der Waals surface area contributed by atoms with E-state index in [0.717, 1.165) is 29.5 Å². The van der Waals surface area contributed by atoms with Crippen molar-refractivity contribution in [3.05, 3.63) is 50.9 Å². The number of fused-ring (bicyclic) bond motifs is 4. The number of nitrogens with one attached hydrogen (secondary N) is 1. The second-order valence-electron chi connectivity index (χ2n) is 9.88. The van der Waals surface area contributed by atoms with Crippen LogP contribution in [0.5, 0.6) is 11.5 Å². The third-order valence-electron chi connectivity index (χ3n) is 7.54. The van der Waals surface area contributed by atoms with E-state index in [4.69, 9.17) is 14.5 Å². The first-order valence-corrected chi connectivity index (χ1v) is 13.3. The molecule has 4 heterocycles. The van der Waals surface area contributed by atoms with Crippen LogP contribution in [0.2, 0.25) is 0 Å². The van der Waals surface area contributed by atoms with E-state index in [9.17, 15) is 9.59 Å². The second-order valence-corrected chi connectivity index (χ2v) is 11.0. The first-order valence-electron chi connectivity index (χ1n) is 12.4. The Morgan fingerprint density at radius 1 is 1.20 bits per heavy atom. The smallest absolute Gasteiger partial charge is 0.267 e. The molecular weight excluding hydrogens is 464 g/mol. The maximum absolute atomic E-state index is 13.1. The molecule has 9 heteroatoms. The Morgan fingerprint density at radius 3 is 2.77 bits per heavy atom. The number of para-hydroxylation sites is 2. The number of hydrogen-bond acceptors (Lipinski definition) is 7. The van der Waals surface area contributed by atoms with Crippen LogP contribution in [0, 0.1) is 5.92 Å². The third kappa shape index (κ3) is 4.10. The van der Waals surface area contributed by atoms with E-state index < -0.39 is 6.10 Å². The van der Waals surface area contributed by atoms with Crippen LogP contribution in [-0.4, -0.2) is 64.6 Å². The predicted octanol–water partition coefficient (Wildman–Crippen LogP) is 3.15. The van der Waals surface area contributed by atoms with Crippen molar-refractivity contribution >= 4 is 27.5 Å². The molecule has 6 rings (SSSR count). The van der Waals surface area contributed by atoms with Crippen molar-refractivity contribution in [3.63, 3.8) is 0 Å². The predicted molar refractivity (Wildman–Crippen MR) is 134 cm³/mol. The fourth-order valence-electron chi connectivity index (χ4n) is 5.41. The summed E-state index contributed by atoms with van der Waals surface area (Å²) in [5.41, 5.74) is 1.19. The Balaban J connectivity index is 1.13. The van der Waals surface area contributed by atoms with Crippen molar-refractivity contribution in [3.8, 4) is 11.5 Å². The van der Waals surface area contributed by atoms with Crippen LogP contribution in [-0.2, 0) is 17.6 Å². The summed E-state index contributed by atoms with van der Waals surface area (Å²) in [6.45, 7) is 7.18. The van der Waals surface area contributed by atoms with E-state index in [1.807, 2.05) is 29.2 Å². The number of ether oxygens (including phenoxy) is 2. The van der Waals surface area contributed by atoms with Crippen LogP contribution in [0.3, 0.4) is 0 Å². The first kappa shape index (κ1) is 22.5. The van der Waals surface area contributed by atoms with Crippen molar-refractivity contribution < 1.29 is 14.3 Å². The molecule has 3 atom stereocenters. The number of thiophene rings is 1. The molecular formula is C26H30N4O4S. The van der Waals surface area contributed by atoms with Gasteiger partial charge in [-0.05, 0) is 49.8 Å². The zero-order chi connectivity index (χ0) is 24.1. The zero-order valence-corrected chi connectivity index (χ0v) is 20.9. The molecule has 0 radical (unpaired) electrons. The Labute approximate surface area is 207 Å². The summed E-state index contributed by atoms with van der Waals surface area (Å²) in [6, 6.07) is 7.39. The van der Waals surface area contributed by atoms with Gasteiger partial charge in [0.2, 0.25) is 6.10 Å². The highest BCUT2D eigenvalue weighted by Crippen LogP contribution is 2.36. The summed E-state index contributed by atoms with van der Waals surface area (Å²) < 4.78 is 11.6. The van der Waals surface area contributed by atoms with Gasteiger partial charge >= 0.3 is 0 Å². The Hall–Kier alpha value is -2.91. The molecule has 1 saturated heterocycles. The van der Waals surface area contributed by atoms with Crippen molar-refractivity contribution in [2.24, 2.45) is 5.92 Å². The summed E-state index contributed by atoms with van der Waals surface area (Å²) in [5.74, 6) is 2.61. The van der Waals surface area contributed by atoms with Gasteiger partial charge < -0.3 is 19.4 Å². The summed E-state index contributed by atoms with van der Waals surface area (Å²) in [7, 11) is 0. The van der Waals surface area contributed by atoms with Crippen molar-refractivity contribution in [1.82, 2.24) is 19.8 Å². The molecule has 3 aliphatic rings. The van der Waals surface area contributed by atoms with Gasteiger partial charge in [-0.25, -0.2) is 4.98 Å². The number of aromatic amines is 1. The third-order valence-corrected chi connectivity index (χ3v) is 8.69. The average Bonchev–Trinajstić information content (AvgIpc) is 3.25. The fraction of sp³-hybridized carbons (Fsp3) is 0.500. The van der Waals surface area contributed by atoms with E-state index in [-0.39, 0.29) is 24.1 Å². The molecule has 1 N–H and O–H groups in total. The number of piperazine rings is 1. The van der Waals surface area contributed by atoms with Gasteiger partial charge in [0, 0.05) is 31.1 Å². The van der Waals surface area contributed by atoms with E-state index in [2.05, 4.69) is 23.7 Å². The molecule has 8 nitrogen and oxygen atoms in total. The molecule has 1 amide bonds. The number of nitrogens with zero attached hydrogens (tertiary/aromatic N) is 3. The SMILES string of the molecule is C[C@@H]1CCc2c(sc3nc([C@@H](C)N4CCN(C(=O)[C@H]5COc6ccccc6O5)CC4)[nH]c(=O)c23)C1. The minimum Gasteiger partial charge on any atom is -0.485 e. The van der Waals surface area contributed by atoms with Gasteiger partial charge in [0.15, 0.2) is 11.5 Å². The number of aryl methyl sites for hydroxylation is 1. The highest BCUT2D eigenvalue weighted by atomic mass is 32.1. The molecule has 1 aliphatic carbocycles. The normalized spacial score (nSPS) is 23.2. The number of amides is 1. The quantitative estimate of drug-likeness (QED) is 0.602. The molecule has 0 unspecified atom stereocenters. The molecule has 1 aromatic carbocycles. The van der Waals surface area contributed by atoms with E-state index in [0.29, 0.717) is 49.4 Å². The van der Waals surface area contributed by atoms with E-state index >= 15 is 0 Å². The molecule has 3 aromatic rings. The van der Waals surface area contributed by atoms with Crippen LogP contribution in [0.15, 0.2) is 29.1 Å². The lowest BCUT2D eigenvalue weighted by Gasteiger charge is -2.39. The lowest BCUT2D eigenvalue weighted by Crippen LogP contribution is -2.54. The molecule has 2 aliphatic heterocycles. The maximum atomic E-state index is 13.1. The van der Waals surface area contributed by atoms with Crippen molar-refractivity contribution in [2.75, 3.05) is 32.8 Å². The fourth-order valence-corrected chi connectivity index (χ4v) is 6.80. The highest BCUT2D eigenvalue weighted by Gasteiger charge is 2.34. The van der Waals surface area contributed by atoms with Crippen molar-refractivity contribution in [2.45, 2.75) is 45.3 Å². The number of hydrogen-bond donors (Lipinski definition) is 1. The molecule has 2 aromatic heterocycles. The van der Waals surface area contributed by atoms with Crippen LogP contribution in [0.4, 0.5) is 0 Å². The lowest BCUT2D eigenvalue weighted by atomic mass is 9.89. The van der Waals surface area contributed by atoms with Gasteiger partial charge in [0.1, 0.15) is 17.3 Å².